The van der Waals surface area contributed by atoms with Crippen molar-refractivity contribution in [3.05, 3.63) is 47.8 Å². The molecule has 3 rings (SSSR count). The number of hydrogen-bond donors (Lipinski definition) is 1. The Morgan fingerprint density at radius 2 is 1.61 bits per heavy atom. The number of halogens is 1. The molecule has 10 heteroatoms. The number of methoxy groups -OCH3 is 3. The first-order chi connectivity index (χ1) is 15.7. The average molecular weight is 481 g/mol. The monoisotopic (exact) mass is 480 g/mol. The second-order valence-corrected chi connectivity index (χ2v) is 9.72. The van der Waals surface area contributed by atoms with E-state index in [2.05, 4.69) is 5.32 Å². The lowest BCUT2D eigenvalue weighted by molar-refractivity contribution is -0.126. The van der Waals surface area contributed by atoms with Crippen molar-refractivity contribution >= 4 is 15.9 Å². The topological polar surface area (TPSA) is 94.2 Å². The molecule has 0 unspecified atom stereocenters. The Morgan fingerprint density at radius 1 is 1.00 bits per heavy atom. The zero-order valence-corrected chi connectivity index (χ0v) is 19.9. The van der Waals surface area contributed by atoms with Crippen molar-refractivity contribution in [2.45, 2.75) is 30.7 Å². The summed E-state index contributed by atoms with van der Waals surface area (Å²) in [6.45, 7) is 2.19. The third-order valence-corrected chi connectivity index (χ3v) is 7.75. The number of nitrogens with zero attached hydrogens (tertiary/aromatic N) is 1. The third kappa shape index (κ3) is 5.39. The molecule has 1 fully saturated rings. The summed E-state index contributed by atoms with van der Waals surface area (Å²) < 4.78 is 56.7. The Bertz CT molecular complexity index is 1100. The molecule has 0 radical (unpaired) electrons. The first-order valence-corrected chi connectivity index (χ1v) is 12.0. The third-order valence-electron chi connectivity index (χ3n) is 5.83. The fourth-order valence-corrected chi connectivity index (χ4v) is 5.52. The summed E-state index contributed by atoms with van der Waals surface area (Å²) in [5.41, 5.74) is 0.860. The van der Waals surface area contributed by atoms with Crippen LogP contribution < -0.4 is 19.5 Å². The average Bonchev–Trinajstić information content (AvgIpc) is 2.83. The van der Waals surface area contributed by atoms with Crippen LogP contribution in [0.1, 0.15) is 31.4 Å². The number of sulfonamides is 1. The van der Waals surface area contributed by atoms with Crippen LogP contribution in [0.4, 0.5) is 4.39 Å². The lowest BCUT2D eigenvalue weighted by Crippen LogP contribution is -2.43. The maximum absolute atomic E-state index is 13.7. The van der Waals surface area contributed by atoms with Gasteiger partial charge in [-0.3, -0.25) is 4.79 Å². The summed E-state index contributed by atoms with van der Waals surface area (Å²) >= 11 is 0. The summed E-state index contributed by atoms with van der Waals surface area (Å²) in [6, 6.07) is 8.57. The van der Waals surface area contributed by atoms with Crippen molar-refractivity contribution in [3.8, 4) is 17.2 Å². The number of amides is 1. The van der Waals surface area contributed by atoms with Crippen molar-refractivity contribution in [2.24, 2.45) is 5.92 Å². The number of ether oxygens (including phenoxy) is 3. The number of carbonyl (C=O) groups is 1. The van der Waals surface area contributed by atoms with Crippen LogP contribution in [0.15, 0.2) is 41.3 Å². The summed E-state index contributed by atoms with van der Waals surface area (Å²) in [7, 11) is 0.493. The molecule has 33 heavy (non-hydrogen) atoms. The van der Waals surface area contributed by atoms with Gasteiger partial charge in [0.15, 0.2) is 11.5 Å². The summed E-state index contributed by atoms with van der Waals surface area (Å²) in [5.74, 6) is 0.129. The maximum Gasteiger partial charge on any atom is 0.246 e. The SMILES string of the molecule is COc1ccc([C@@H](C)NC(=O)C2CCN(S(=O)(=O)c3cc(F)ccc3OC)CC2)cc1OC. The Kier molecular flexibility index (Phi) is 7.80. The lowest BCUT2D eigenvalue weighted by Gasteiger charge is -2.31. The van der Waals surface area contributed by atoms with E-state index < -0.39 is 15.8 Å². The van der Waals surface area contributed by atoms with Crippen LogP contribution in [0.25, 0.3) is 0 Å². The molecule has 1 heterocycles. The van der Waals surface area contributed by atoms with Crippen LogP contribution in [-0.2, 0) is 14.8 Å². The highest BCUT2D eigenvalue weighted by Gasteiger charge is 2.34. The van der Waals surface area contributed by atoms with Gasteiger partial charge in [-0.15, -0.1) is 0 Å². The minimum Gasteiger partial charge on any atom is -0.495 e. The predicted octanol–water partition coefficient (Wildman–Crippen LogP) is 3.13. The molecule has 1 atom stereocenters. The van der Waals surface area contributed by atoms with Gasteiger partial charge in [-0.05, 0) is 55.7 Å². The van der Waals surface area contributed by atoms with Crippen molar-refractivity contribution < 1.29 is 31.8 Å². The summed E-state index contributed by atoms with van der Waals surface area (Å²) in [6.07, 6.45) is 0.725. The first kappa shape index (κ1) is 24.8. The fraction of sp³-hybridized carbons (Fsp3) is 0.435. The van der Waals surface area contributed by atoms with Gasteiger partial charge >= 0.3 is 0 Å². The summed E-state index contributed by atoms with van der Waals surface area (Å²) in [4.78, 5) is 12.6. The smallest absolute Gasteiger partial charge is 0.246 e. The van der Waals surface area contributed by atoms with Gasteiger partial charge in [-0.25, -0.2) is 12.8 Å². The molecule has 1 aliphatic rings. The van der Waals surface area contributed by atoms with Crippen LogP contribution in [0.2, 0.25) is 0 Å². The zero-order chi connectivity index (χ0) is 24.2. The highest BCUT2D eigenvalue weighted by molar-refractivity contribution is 7.89. The number of carbonyl (C=O) groups excluding carboxylic acids is 1. The molecule has 0 spiro atoms. The van der Waals surface area contributed by atoms with E-state index in [1.807, 2.05) is 19.1 Å². The standard InChI is InChI=1S/C23H29FN2O6S/c1-15(17-5-7-19(30-2)21(13-17)32-4)25-23(27)16-9-11-26(12-10-16)33(28,29)22-14-18(24)6-8-20(22)31-3/h5-8,13-16H,9-12H2,1-4H3,(H,25,27)/t15-/m1/s1. The first-order valence-electron chi connectivity index (χ1n) is 10.6. The van der Waals surface area contributed by atoms with E-state index in [-0.39, 0.29) is 41.6 Å². The molecule has 0 bridgehead atoms. The molecule has 1 saturated heterocycles. The van der Waals surface area contributed by atoms with E-state index in [4.69, 9.17) is 14.2 Å². The largest absolute Gasteiger partial charge is 0.495 e. The predicted molar refractivity (Wildman–Crippen MR) is 121 cm³/mol. The van der Waals surface area contributed by atoms with E-state index in [9.17, 15) is 17.6 Å². The van der Waals surface area contributed by atoms with E-state index in [0.717, 1.165) is 17.7 Å². The Balaban J connectivity index is 1.64. The second-order valence-electron chi connectivity index (χ2n) is 7.82. The van der Waals surface area contributed by atoms with E-state index in [1.165, 1.54) is 17.5 Å². The molecule has 2 aromatic rings. The highest BCUT2D eigenvalue weighted by atomic mass is 32.2. The molecular formula is C23H29FN2O6S. The highest BCUT2D eigenvalue weighted by Crippen LogP contribution is 2.32. The normalized spacial score (nSPS) is 16.2. The quantitative estimate of drug-likeness (QED) is 0.624. The number of piperidine rings is 1. The van der Waals surface area contributed by atoms with E-state index in [0.29, 0.717) is 24.3 Å². The lowest BCUT2D eigenvalue weighted by atomic mass is 9.96. The van der Waals surface area contributed by atoms with Gasteiger partial charge in [0.25, 0.3) is 0 Å². The van der Waals surface area contributed by atoms with Crippen molar-refractivity contribution in [3.63, 3.8) is 0 Å². The number of benzene rings is 2. The molecule has 0 aromatic heterocycles. The molecule has 8 nitrogen and oxygen atoms in total. The van der Waals surface area contributed by atoms with Crippen LogP contribution >= 0.6 is 0 Å². The van der Waals surface area contributed by atoms with Crippen LogP contribution in [0.3, 0.4) is 0 Å². The Hall–Kier alpha value is -2.85. The van der Waals surface area contributed by atoms with E-state index >= 15 is 0 Å². The number of hydrogen-bond acceptors (Lipinski definition) is 6. The molecule has 180 valence electrons. The second kappa shape index (κ2) is 10.4. The van der Waals surface area contributed by atoms with Gasteiger partial charge < -0.3 is 19.5 Å². The Labute approximate surface area is 193 Å². The van der Waals surface area contributed by atoms with Crippen molar-refractivity contribution in [1.82, 2.24) is 9.62 Å². The van der Waals surface area contributed by atoms with Gasteiger partial charge in [0, 0.05) is 19.0 Å². The van der Waals surface area contributed by atoms with Gasteiger partial charge in [0.05, 0.1) is 27.4 Å². The molecule has 1 N–H and O–H groups in total. The van der Waals surface area contributed by atoms with Crippen LogP contribution in [-0.4, -0.2) is 53.0 Å². The fourth-order valence-electron chi connectivity index (χ4n) is 3.89. The summed E-state index contributed by atoms with van der Waals surface area (Å²) in [5, 5.41) is 2.99. The molecule has 1 amide bonds. The van der Waals surface area contributed by atoms with Crippen LogP contribution in [0.5, 0.6) is 17.2 Å². The molecule has 0 saturated carbocycles. The van der Waals surface area contributed by atoms with Crippen molar-refractivity contribution in [2.75, 3.05) is 34.4 Å². The van der Waals surface area contributed by atoms with E-state index in [1.54, 1.807) is 20.3 Å². The van der Waals surface area contributed by atoms with Crippen molar-refractivity contribution in [1.29, 1.82) is 0 Å². The Morgan fingerprint density at radius 3 is 2.21 bits per heavy atom. The maximum atomic E-state index is 13.7. The van der Waals surface area contributed by atoms with Gasteiger partial charge in [0.2, 0.25) is 15.9 Å². The van der Waals surface area contributed by atoms with Crippen LogP contribution in [0, 0.1) is 11.7 Å². The van der Waals surface area contributed by atoms with Gasteiger partial charge in [0.1, 0.15) is 16.5 Å². The van der Waals surface area contributed by atoms with Gasteiger partial charge in [-0.1, -0.05) is 6.07 Å². The molecule has 2 aromatic carbocycles. The molecule has 0 aliphatic carbocycles. The minimum absolute atomic E-state index is 0.0833. The zero-order valence-electron chi connectivity index (χ0n) is 19.1. The molecular weight excluding hydrogens is 451 g/mol. The molecule has 1 aliphatic heterocycles. The number of rotatable bonds is 8. The van der Waals surface area contributed by atoms with Gasteiger partial charge in [-0.2, -0.15) is 4.31 Å². The minimum atomic E-state index is -3.95. The number of nitrogens with one attached hydrogen (secondary N) is 1.